The molecule has 0 radical (unpaired) electrons. The van der Waals surface area contributed by atoms with E-state index in [-0.39, 0.29) is 0 Å². The van der Waals surface area contributed by atoms with Crippen LogP contribution in [0.4, 0.5) is 0 Å². The van der Waals surface area contributed by atoms with Crippen LogP contribution in [0.5, 0.6) is 0 Å². The Morgan fingerprint density at radius 3 is 2.20 bits per heavy atom. The van der Waals surface area contributed by atoms with Crippen LogP contribution in [0.15, 0.2) is 0 Å². The van der Waals surface area contributed by atoms with E-state index in [0.29, 0.717) is 0 Å². The Kier molecular flexibility index (Phi) is 3.96. The molecular formula is C9H16S. The fourth-order valence-electron chi connectivity index (χ4n) is 1.74. The van der Waals surface area contributed by atoms with Gasteiger partial charge in [0, 0.05) is 0 Å². The van der Waals surface area contributed by atoms with E-state index >= 15 is 0 Å². The summed E-state index contributed by atoms with van der Waals surface area (Å²) in [6, 6.07) is 0. The predicted molar refractivity (Wildman–Crippen MR) is 49.5 cm³/mol. The molecular weight excluding hydrogens is 140 g/mol. The first-order chi connectivity index (χ1) is 4.93. The molecule has 0 N–H and O–H groups in total. The van der Waals surface area contributed by atoms with Crippen molar-refractivity contribution in [2.45, 2.75) is 44.9 Å². The first-order valence-electron chi connectivity index (χ1n) is 4.37. The third kappa shape index (κ3) is 2.78. The Balaban J connectivity index is 2.21. The van der Waals surface area contributed by atoms with E-state index < -0.39 is 0 Å². The summed E-state index contributed by atoms with van der Waals surface area (Å²) in [6.07, 6.45) is 9.80. The summed E-state index contributed by atoms with van der Waals surface area (Å²) in [7, 11) is 0. The molecule has 0 atom stereocenters. The van der Waals surface area contributed by atoms with E-state index in [1.807, 2.05) is 5.37 Å². The van der Waals surface area contributed by atoms with Crippen LogP contribution >= 0.6 is 12.2 Å². The third-order valence-electron chi connectivity index (χ3n) is 2.40. The molecule has 0 aromatic rings. The Morgan fingerprint density at radius 2 is 1.70 bits per heavy atom. The van der Waals surface area contributed by atoms with Crippen LogP contribution < -0.4 is 0 Å². The number of hydrogen-bond donors (Lipinski definition) is 0. The topological polar surface area (TPSA) is 0 Å². The predicted octanol–water partition coefficient (Wildman–Crippen LogP) is 3.35. The van der Waals surface area contributed by atoms with E-state index in [4.69, 9.17) is 12.2 Å². The highest BCUT2D eigenvalue weighted by Gasteiger charge is 2.09. The second-order valence-electron chi connectivity index (χ2n) is 3.26. The molecule has 0 bridgehead atoms. The Morgan fingerprint density at radius 1 is 1.10 bits per heavy atom. The monoisotopic (exact) mass is 156 g/mol. The van der Waals surface area contributed by atoms with Crippen LogP contribution in [-0.2, 0) is 0 Å². The van der Waals surface area contributed by atoms with Gasteiger partial charge in [0.05, 0.1) is 0 Å². The van der Waals surface area contributed by atoms with Crippen LogP contribution in [0.25, 0.3) is 0 Å². The molecule has 10 heavy (non-hydrogen) atoms. The molecule has 1 aliphatic rings. The van der Waals surface area contributed by atoms with Gasteiger partial charge >= 0.3 is 0 Å². The average Bonchev–Trinajstić information content (AvgIpc) is 2.17. The van der Waals surface area contributed by atoms with Gasteiger partial charge in [-0.25, -0.2) is 0 Å². The quantitative estimate of drug-likeness (QED) is 0.436. The second kappa shape index (κ2) is 4.84. The Hall–Kier alpha value is 0.0900. The fourth-order valence-corrected chi connectivity index (χ4v) is 2.01. The van der Waals surface area contributed by atoms with Crippen molar-refractivity contribution >= 4 is 17.6 Å². The fraction of sp³-hybridized carbons (Fsp3) is 0.889. The van der Waals surface area contributed by atoms with Crippen molar-refractivity contribution in [3.63, 3.8) is 0 Å². The van der Waals surface area contributed by atoms with Crippen molar-refractivity contribution < 1.29 is 0 Å². The minimum absolute atomic E-state index is 0.931. The maximum atomic E-state index is 4.85. The lowest BCUT2D eigenvalue weighted by Crippen LogP contribution is -1.97. The first kappa shape index (κ1) is 8.19. The summed E-state index contributed by atoms with van der Waals surface area (Å²) >= 11 is 4.85. The standard InChI is InChI=1S/C9H16S/c10-8-7-9-5-3-1-2-4-6-9/h8-9H,1-7H2. The Bertz CT molecular complexity index is 90.9. The molecule has 0 spiro atoms. The summed E-state index contributed by atoms with van der Waals surface area (Å²) in [5.41, 5.74) is 0. The SMILES string of the molecule is S=CCC1CCCCCC1. The molecule has 1 heteroatoms. The summed E-state index contributed by atoms with van der Waals surface area (Å²) in [6.45, 7) is 0. The first-order valence-corrected chi connectivity index (χ1v) is 4.84. The van der Waals surface area contributed by atoms with Gasteiger partial charge in [0.25, 0.3) is 0 Å². The minimum Gasteiger partial charge on any atom is -0.0935 e. The second-order valence-corrected chi connectivity index (χ2v) is 3.59. The van der Waals surface area contributed by atoms with E-state index in [2.05, 4.69) is 0 Å². The summed E-state index contributed by atoms with van der Waals surface area (Å²) in [4.78, 5) is 0. The van der Waals surface area contributed by atoms with Gasteiger partial charge in [-0.3, -0.25) is 0 Å². The molecule has 0 amide bonds. The maximum absolute atomic E-state index is 4.85. The molecule has 1 rings (SSSR count). The number of rotatable bonds is 2. The largest absolute Gasteiger partial charge is 0.0935 e. The highest BCUT2D eigenvalue weighted by molar-refractivity contribution is 7.78. The van der Waals surface area contributed by atoms with Gasteiger partial charge in [-0.05, 0) is 17.7 Å². The Labute approximate surface area is 69.0 Å². The molecule has 58 valence electrons. The highest BCUT2D eigenvalue weighted by atomic mass is 32.1. The van der Waals surface area contributed by atoms with E-state index in [1.165, 1.54) is 44.9 Å². The summed E-state index contributed by atoms with van der Waals surface area (Å²) in [5.74, 6) is 0.931. The van der Waals surface area contributed by atoms with Gasteiger partial charge in [-0.2, -0.15) is 0 Å². The van der Waals surface area contributed by atoms with Crippen molar-refractivity contribution in [1.29, 1.82) is 0 Å². The normalized spacial score (nSPS) is 22.0. The third-order valence-corrected chi connectivity index (χ3v) is 2.60. The van der Waals surface area contributed by atoms with Crippen molar-refractivity contribution in [2.24, 2.45) is 5.92 Å². The maximum Gasteiger partial charge on any atom is -0.0208 e. The minimum atomic E-state index is 0.931. The smallest absolute Gasteiger partial charge is 0.0208 e. The lowest BCUT2D eigenvalue weighted by atomic mass is 9.98. The van der Waals surface area contributed by atoms with Crippen molar-refractivity contribution in [3.8, 4) is 0 Å². The van der Waals surface area contributed by atoms with E-state index in [1.54, 1.807) is 0 Å². The number of thiocarbonyl (C=S) groups is 1. The van der Waals surface area contributed by atoms with Gasteiger partial charge in [0.15, 0.2) is 0 Å². The lowest BCUT2D eigenvalue weighted by molar-refractivity contribution is 0.481. The summed E-state index contributed by atoms with van der Waals surface area (Å²) < 4.78 is 0. The lowest BCUT2D eigenvalue weighted by Gasteiger charge is -2.08. The number of hydrogen-bond acceptors (Lipinski definition) is 1. The van der Waals surface area contributed by atoms with Crippen molar-refractivity contribution in [3.05, 3.63) is 0 Å². The van der Waals surface area contributed by atoms with Crippen LogP contribution in [0, 0.1) is 5.92 Å². The zero-order valence-electron chi connectivity index (χ0n) is 6.51. The van der Waals surface area contributed by atoms with Gasteiger partial charge in [0.1, 0.15) is 0 Å². The van der Waals surface area contributed by atoms with Crippen LogP contribution in [0.1, 0.15) is 44.9 Å². The molecule has 0 aromatic carbocycles. The van der Waals surface area contributed by atoms with Crippen molar-refractivity contribution in [1.82, 2.24) is 0 Å². The summed E-state index contributed by atoms with van der Waals surface area (Å²) in [5, 5.41) is 1.91. The molecule has 0 heterocycles. The zero-order chi connectivity index (χ0) is 7.23. The van der Waals surface area contributed by atoms with Gasteiger partial charge in [-0.1, -0.05) is 50.7 Å². The molecule has 1 fully saturated rings. The molecule has 0 saturated heterocycles. The molecule has 1 aliphatic carbocycles. The highest BCUT2D eigenvalue weighted by Crippen LogP contribution is 2.24. The van der Waals surface area contributed by atoms with Crippen LogP contribution in [0.2, 0.25) is 0 Å². The zero-order valence-corrected chi connectivity index (χ0v) is 7.33. The molecule has 0 unspecified atom stereocenters. The van der Waals surface area contributed by atoms with E-state index in [0.717, 1.165) is 5.92 Å². The average molecular weight is 156 g/mol. The van der Waals surface area contributed by atoms with Crippen LogP contribution in [-0.4, -0.2) is 5.37 Å². The molecule has 1 saturated carbocycles. The molecule has 0 aliphatic heterocycles. The van der Waals surface area contributed by atoms with Gasteiger partial charge in [0.2, 0.25) is 0 Å². The molecule has 0 aromatic heterocycles. The van der Waals surface area contributed by atoms with Crippen molar-refractivity contribution in [2.75, 3.05) is 0 Å². The van der Waals surface area contributed by atoms with Crippen LogP contribution in [0.3, 0.4) is 0 Å². The van der Waals surface area contributed by atoms with Gasteiger partial charge < -0.3 is 0 Å². The van der Waals surface area contributed by atoms with Gasteiger partial charge in [-0.15, -0.1) is 0 Å². The van der Waals surface area contributed by atoms with E-state index in [9.17, 15) is 0 Å². The molecule has 0 nitrogen and oxygen atoms in total.